The van der Waals surface area contributed by atoms with Gasteiger partial charge < -0.3 is 9.72 Å². The summed E-state index contributed by atoms with van der Waals surface area (Å²) in [5, 5.41) is 9.54. The molecule has 0 saturated carbocycles. The van der Waals surface area contributed by atoms with Crippen LogP contribution in [0.4, 0.5) is 4.39 Å². The van der Waals surface area contributed by atoms with Crippen LogP contribution in [-0.2, 0) is 0 Å². The first-order valence-electron chi connectivity index (χ1n) is 12.9. The fraction of sp³-hybridized carbons (Fsp3) is 0.0938. The van der Waals surface area contributed by atoms with Crippen LogP contribution in [0.5, 0.6) is 5.75 Å². The zero-order chi connectivity index (χ0) is 27.5. The van der Waals surface area contributed by atoms with Crippen molar-refractivity contribution in [2.75, 3.05) is 6.61 Å². The van der Waals surface area contributed by atoms with E-state index >= 15 is 4.39 Å². The van der Waals surface area contributed by atoms with E-state index in [1.165, 1.54) is 17.8 Å². The Morgan fingerprint density at radius 3 is 2.42 bits per heavy atom. The van der Waals surface area contributed by atoms with Gasteiger partial charge in [0.05, 0.1) is 12.3 Å². The lowest BCUT2D eigenvalue weighted by molar-refractivity contribution is 0.0991. The number of para-hydroxylation sites is 2. The minimum atomic E-state index is -0.650. The van der Waals surface area contributed by atoms with Gasteiger partial charge in [0.15, 0.2) is 16.8 Å². The number of ether oxygens (including phenoxy) is 1. The molecule has 6 rings (SSSR count). The van der Waals surface area contributed by atoms with Gasteiger partial charge in [-0.25, -0.2) is 4.39 Å². The molecule has 40 heavy (non-hydrogen) atoms. The Hall–Kier alpha value is -4.69. The molecule has 0 aliphatic carbocycles. The highest BCUT2D eigenvalue weighted by Crippen LogP contribution is 2.41. The third-order valence-electron chi connectivity index (χ3n) is 6.57. The second-order valence-corrected chi connectivity index (χ2v) is 10.1. The Kier molecular flexibility index (Phi) is 7.16. The van der Waals surface area contributed by atoms with E-state index in [4.69, 9.17) is 4.74 Å². The topological polar surface area (TPSA) is 72.8 Å². The maximum atomic E-state index is 15.2. The summed E-state index contributed by atoms with van der Waals surface area (Å²) >= 11 is 1.25. The second kappa shape index (κ2) is 11.2. The number of benzene rings is 4. The van der Waals surface area contributed by atoms with Crippen molar-refractivity contribution >= 4 is 28.4 Å². The number of aromatic amines is 1. The van der Waals surface area contributed by atoms with Gasteiger partial charge in [0, 0.05) is 28.2 Å². The molecule has 6 aromatic rings. The number of Topliss-reactive ketones (excluding diaryl/α,β-unsaturated/α-hetero) is 1. The molecule has 0 amide bonds. The van der Waals surface area contributed by atoms with Crippen LogP contribution in [-0.4, -0.2) is 32.1 Å². The van der Waals surface area contributed by atoms with E-state index in [9.17, 15) is 4.79 Å². The van der Waals surface area contributed by atoms with Crippen LogP contribution in [0.2, 0.25) is 0 Å². The largest absolute Gasteiger partial charge is 0.494 e. The van der Waals surface area contributed by atoms with Gasteiger partial charge in [-0.05, 0) is 55.0 Å². The van der Waals surface area contributed by atoms with Gasteiger partial charge in [0.1, 0.15) is 16.8 Å². The molecule has 0 saturated heterocycles. The average molecular weight is 549 g/mol. The smallest absolute Gasteiger partial charge is 0.197 e. The number of rotatable bonds is 9. The maximum absolute atomic E-state index is 15.2. The molecule has 0 fully saturated rings. The molecule has 2 heterocycles. The molecule has 6 nitrogen and oxygen atoms in total. The second-order valence-electron chi connectivity index (χ2n) is 9.07. The summed E-state index contributed by atoms with van der Waals surface area (Å²) in [5.41, 5.74) is 3.32. The molecule has 1 unspecified atom stereocenters. The number of thioether (sulfide) groups is 1. The van der Waals surface area contributed by atoms with E-state index in [1.54, 1.807) is 29.0 Å². The van der Waals surface area contributed by atoms with E-state index < -0.39 is 11.1 Å². The first-order chi connectivity index (χ1) is 19.6. The standard InChI is InChI=1S/C32H25FN4O2S/c1-2-39-23-18-16-22(17-19-23)31-35-36-32(37(31)28-15-9-7-13-26(28)33)40-30(21-10-4-3-5-11-21)29(38)25-20-34-27-14-8-6-12-24(25)27/h3-20,30,34H,2H2,1H3. The molecule has 8 heteroatoms. The van der Waals surface area contributed by atoms with Crippen molar-refractivity contribution < 1.29 is 13.9 Å². The lowest BCUT2D eigenvalue weighted by Crippen LogP contribution is -2.11. The number of carbonyl (C=O) groups is 1. The summed E-state index contributed by atoms with van der Waals surface area (Å²) in [4.78, 5) is 17.3. The molecule has 0 bridgehead atoms. The van der Waals surface area contributed by atoms with Crippen molar-refractivity contribution in [2.45, 2.75) is 17.3 Å². The first-order valence-corrected chi connectivity index (χ1v) is 13.8. The van der Waals surface area contributed by atoms with E-state index in [-0.39, 0.29) is 5.78 Å². The molecule has 2 aromatic heterocycles. The minimum absolute atomic E-state index is 0.0839. The van der Waals surface area contributed by atoms with Gasteiger partial charge in [0.25, 0.3) is 0 Å². The number of nitrogens with one attached hydrogen (secondary N) is 1. The van der Waals surface area contributed by atoms with E-state index in [1.807, 2.05) is 85.8 Å². The molecular formula is C32H25FN4O2S. The summed E-state index contributed by atoms with van der Waals surface area (Å²) in [6, 6.07) is 31.2. The minimum Gasteiger partial charge on any atom is -0.494 e. The van der Waals surface area contributed by atoms with Crippen molar-refractivity contribution in [1.29, 1.82) is 0 Å². The van der Waals surface area contributed by atoms with Gasteiger partial charge in [-0.2, -0.15) is 0 Å². The molecule has 1 atom stereocenters. The number of nitrogens with zero attached hydrogens (tertiary/aromatic N) is 3. The number of aromatic nitrogens is 4. The number of fused-ring (bicyclic) bond motifs is 1. The van der Waals surface area contributed by atoms with E-state index in [0.717, 1.165) is 27.8 Å². The zero-order valence-corrected chi connectivity index (χ0v) is 22.4. The summed E-state index contributed by atoms with van der Waals surface area (Å²) in [6.07, 6.45) is 1.75. The van der Waals surface area contributed by atoms with Gasteiger partial charge in [-0.3, -0.25) is 9.36 Å². The Morgan fingerprint density at radius 1 is 0.925 bits per heavy atom. The molecule has 0 radical (unpaired) electrons. The average Bonchev–Trinajstić information content (AvgIpc) is 3.61. The van der Waals surface area contributed by atoms with Crippen LogP contribution >= 0.6 is 11.8 Å². The quantitative estimate of drug-likeness (QED) is 0.148. The summed E-state index contributed by atoms with van der Waals surface area (Å²) < 4.78 is 22.5. The number of ketones is 1. The molecule has 0 spiro atoms. The van der Waals surface area contributed by atoms with E-state index in [2.05, 4.69) is 15.2 Å². The third kappa shape index (κ3) is 4.89. The third-order valence-corrected chi connectivity index (χ3v) is 7.77. The summed E-state index contributed by atoms with van der Waals surface area (Å²) in [7, 11) is 0. The fourth-order valence-electron chi connectivity index (χ4n) is 4.67. The van der Waals surface area contributed by atoms with Crippen molar-refractivity contribution in [3.05, 3.63) is 126 Å². The van der Waals surface area contributed by atoms with Crippen LogP contribution in [0.15, 0.2) is 114 Å². The Balaban J connectivity index is 1.47. The summed E-state index contributed by atoms with van der Waals surface area (Å²) in [6.45, 7) is 2.48. The van der Waals surface area contributed by atoms with Crippen LogP contribution in [0, 0.1) is 5.82 Å². The Labute approximate surface area is 234 Å². The lowest BCUT2D eigenvalue weighted by Gasteiger charge is -2.17. The highest BCUT2D eigenvalue weighted by atomic mass is 32.2. The van der Waals surface area contributed by atoms with Gasteiger partial charge in [-0.15, -0.1) is 10.2 Å². The monoisotopic (exact) mass is 548 g/mol. The normalized spacial score (nSPS) is 11.9. The van der Waals surface area contributed by atoms with Crippen molar-refractivity contribution in [3.8, 4) is 22.8 Å². The predicted molar refractivity (Wildman–Crippen MR) is 156 cm³/mol. The van der Waals surface area contributed by atoms with Crippen molar-refractivity contribution in [2.24, 2.45) is 0 Å². The van der Waals surface area contributed by atoms with Gasteiger partial charge in [-0.1, -0.05) is 72.4 Å². The van der Waals surface area contributed by atoms with Gasteiger partial charge in [0.2, 0.25) is 0 Å². The number of halogens is 1. The molecule has 4 aromatic carbocycles. The first kappa shape index (κ1) is 25.6. The molecule has 0 aliphatic heterocycles. The van der Waals surface area contributed by atoms with E-state index in [0.29, 0.717) is 28.8 Å². The molecular weight excluding hydrogens is 523 g/mol. The van der Waals surface area contributed by atoms with Crippen LogP contribution in [0.3, 0.4) is 0 Å². The maximum Gasteiger partial charge on any atom is 0.197 e. The number of hydrogen-bond acceptors (Lipinski definition) is 5. The van der Waals surface area contributed by atoms with Crippen LogP contribution in [0.25, 0.3) is 28.0 Å². The lowest BCUT2D eigenvalue weighted by atomic mass is 10.0. The molecule has 1 N–H and O–H groups in total. The number of carbonyl (C=O) groups excluding carboxylic acids is 1. The number of hydrogen-bond donors (Lipinski definition) is 1. The molecule has 0 aliphatic rings. The molecule has 198 valence electrons. The number of H-pyrrole nitrogens is 1. The predicted octanol–water partition coefficient (Wildman–Crippen LogP) is 7.67. The van der Waals surface area contributed by atoms with Gasteiger partial charge >= 0.3 is 0 Å². The summed E-state index contributed by atoms with van der Waals surface area (Å²) in [5.74, 6) is 0.683. The highest BCUT2D eigenvalue weighted by Gasteiger charge is 2.29. The Bertz CT molecular complexity index is 1780. The van der Waals surface area contributed by atoms with Crippen LogP contribution < -0.4 is 4.74 Å². The SMILES string of the molecule is CCOc1ccc(-c2nnc(SC(C(=O)c3c[nH]c4ccccc34)c3ccccc3)n2-c2ccccc2F)cc1. The van der Waals surface area contributed by atoms with Crippen molar-refractivity contribution in [1.82, 2.24) is 19.7 Å². The fourth-order valence-corrected chi connectivity index (χ4v) is 5.79. The highest BCUT2D eigenvalue weighted by molar-refractivity contribution is 8.00. The van der Waals surface area contributed by atoms with Crippen LogP contribution in [0.1, 0.15) is 28.1 Å². The Morgan fingerprint density at radius 2 is 1.65 bits per heavy atom. The zero-order valence-electron chi connectivity index (χ0n) is 21.6. The van der Waals surface area contributed by atoms with Crippen molar-refractivity contribution in [3.63, 3.8) is 0 Å².